The van der Waals surface area contributed by atoms with Crippen LogP contribution in [0.5, 0.6) is 11.5 Å². The molecule has 0 amide bonds. The first-order valence-electron chi connectivity index (χ1n) is 7.92. The highest BCUT2D eigenvalue weighted by molar-refractivity contribution is 6.05. The summed E-state index contributed by atoms with van der Waals surface area (Å²) in [6, 6.07) is 6.86. The fourth-order valence-electron chi connectivity index (χ4n) is 2.91. The third kappa shape index (κ3) is 3.49. The number of ether oxygens (including phenoxy) is 4. The van der Waals surface area contributed by atoms with Gasteiger partial charge in [0.15, 0.2) is 0 Å². The Morgan fingerprint density at radius 2 is 1.00 bits per heavy atom. The summed E-state index contributed by atoms with van der Waals surface area (Å²) in [6.45, 7) is 3.56. The second-order valence-corrected chi connectivity index (χ2v) is 5.72. The highest BCUT2D eigenvalue weighted by Crippen LogP contribution is 2.37. The van der Waals surface area contributed by atoms with Crippen LogP contribution in [0.4, 0.5) is 0 Å². The van der Waals surface area contributed by atoms with E-state index < -0.39 is 11.9 Å². The number of hydrogen-bond donors (Lipinski definition) is 0. The van der Waals surface area contributed by atoms with Gasteiger partial charge in [-0.1, -0.05) is 0 Å². The lowest BCUT2D eigenvalue weighted by atomic mass is 9.90. The molecule has 0 radical (unpaired) electrons. The van der Waals surface area contributed by atoms with E-state index in [1.165, 1.54) is 28.4 Å². The van der Waals surface area contributed by atoms with Gasteiger partial charge in [0, 0.05) is 11.1 Å². The Bertz CT molecular complexity index is 782. The molecule has 138 valence electrons. The van der Waals surface area contributed by atoms with Gasteiger partial charge in [0.25, 0.3) is 0 Å². The third-order valence-electron chi connectivity index (χ3n) is 4.16. The molecule has 0 aromatic heterocycles. The Balaban J connectivity index is 2.94. The standard InChI is InChI=1S/C20H22O6/c1-11-7-13(23-3)9-15(17(11)19(21)25-5)16-10-14(24-4)8-12(2)18(16)20(22)26-6/h7-10H,1-6H3. The van der Waals surface area contributed by atoms with Gasteiger partial charge in [-0.05, 0) is 49.2 Å². The monoisotopic (exact) mass is 358 g/mol. The second kappa shape index (κ2) is 7.91. The van der Waals surface area contributed by atoms with Gasteiger partial charge in [-0.3, -0.25) is 0 Å². The highest BCUT2D eigenvalue weighted by atomic mass is 16.5. The van der Waals surface area contributed by atoms with E-state index >= 15 is 0 Å². The normalized spacial score (nSPS) is 10.2. The first-order valence-corrected chi connectivity index (χ1v) is 7.92. The van der Waals surface area contributed by atoms with E-state index in [1.54, 1.807) is 38.1 Å². The molecule has 0 saturated heterocycles. The van der Waals surface area contributed by atoms with Crippen LogP contribution in [0.1, 0.15) is 31.8 Å². The Morgan fingerprint density at radius 1 is 0.654 bits per heavy atom. The minimum Gasteiger partial charge on any atom is -0.497 e. The smallest absolute Gasteiger partial charge is 0.338 e. The van der Waals surface area contributed by atoms with Crippen LogP contribution in [0.2, 0.25) is 0 Å². The Hall–Kier alpha value is -3.02. The Kier molecular flexibility index (Phi) is 5.87. The number of methoxy groups -OCH3 is 4. The lowest BCUT2D eigenvalue weighted by molar-refractivity contribution is 0.0589. The molecule has 6 heteroatoms. The minimum atomic E-state index is -0.503. The summed E-state index contributed by atoms with van der Waals surface area (Å²) >= 11 is 0. The summed E-state index contributed by atoms with van der Waals surface area (Å²) in [6.07, 6.45) is 0. The second-order valence-electron chi connectivity index (χ2n) is 5.72. The molecule has 2 aromatic carbocycles. The van der Waals surface area contributed by atoms with Gasteiger partial charge in [0.1, 0.15) is 11.5 Å². The lowest BCUT2D eigenvalue weighted by Gasteiger charge is -2.18. The van der Waals surface area contributed by atoms with Crippen molar-refractivity contribution in [3.05, 3.63) is 46.5 Å². The van der Waals surface area contributed by atoms with Crippen molar-refractivity contribution in [3.8, 4) is 22.6 Å². The predicted molar refractivity (Wildman–Crippen MR) is 97.1 cm³/mol. The molecule has 0 atom stereocenters. The molecule has 26 heavy (non-hydrogen) atoms. The van der Waals surface area contributed by atoms with Gasteiger partial charge in [-0.25, -0.2) is 9.59 Å². The maximum absolute atomic E-state index is 12.4. The van der Waals surface area contributed by atoms with Crippen molar-refractivity contribution < 1.29 is 28.5 Å². The number of aryl methyl sites for hydroxylation is 2. The van der Waals surface area contributed by atoms with Crippen molar-refractivity contribution in [3.63, 3.8) is 0 Å². The summed E-state index contributed by atoms with van der Waals surface area (Å²) in [5, 5.41) is 0. The molecule has 0 aliphatic rings. The molecule has 0 aliphatic heterocycles. The summed E-state index contributed by atoms with van der Waals surface area (Å²) in [5.41, 5.74) is 3.06. The fourth-order valence-corrected chi connectivity index (χ4v) is 2.91. The van der Waals surface area contributed by atoms with Crippen molar-refractivity contribution in [2.75, 3.05) is 28.4 Å². The molecule has 6 nitrogen and oxygen atoms in total. The number of benzene rings is 2. The maximum Gasteiger partial charge on any atom is 0.338 e. The van der Waals surface area contributed by atoms with Gasteiger partial charge >= 0.3 is 11.9 Å². The molecule has 2 aromatic rings. The van der Waals surface area contributed by atoms with E-state index in [0.29, 0.717) is 44.9 Å². The van der Waals surface area contributed by atoms with Crippen LogP contribution in [-0.2, 0) is 9.47 Å². The van der Waals surface area contributed by atoms with Gasteiger partial charge in [0.05, 0.1) is 39.6 Å². The summed E-state index contributed by atoms with van der Waals surface area (Å²) in [7, 11) is 5.70. The Labute approximate surface area is 152 Å². The molecule has 0 unspecified atom stereocenters. The van der Waals surface area contributed by atoms with Crippen LogP contribution < -0.4 is 9.47 Å². The molecule has 0 aliphatic carbocycles. The lowest BCUT2D eigenvalue weighted by Crippen LogP contribution is -2.11. The van der Waals surface area contributed by atoms with E-state index in [4.69, 9.17) is 18.9 Å². The molecule has 0 spiro atoms. The Morgan fingerprint density at radius 3 is 1.27 bits per heavy atom. The van der Waals surface area contributed by atoms with Crippen molar-refractivity contribution in [1.82, 2.24) is 0 Å². The largest absolute Gasteiger partial charge is 0.497 e. The van der Waals surface area contributed by atoms with Crippen molar-refractivity contribution in [2.45, 2.75) is 13.8 Å². The van der Waals surface area contributed by atoms with Crippen LogP contribution >= 0.6 is 0 Å². The first kappa shape index (κ1) is 19.3. The van der Waals surface area contributed by atoms with E-state index in [9.17, 15) is 9.59 Å². The molecule has 2 rings (SSSR count). The van der Waals surface area contributed by atoms with Gasteiger partial charge in [-0.2, -0.15) is 0 Å². The van der Waals surface area contributed by atoms with E-state index in [1.807, 2.05) is 0 Å². The zero-order valence-electron chi connectivity index (χ0n) is 15.8. The average Bonchev–Trinajstić information content (AvgIpc) is 2.65. The quantitative estimate of drug-likeness (QED) is 0.761. The first-order chi connectivity index (χ1) is 12.4. The minimum absolute atomic E-state index is 0.353. The molecule has 0 fully saturated rings. The molecule has 0 heterocycles. The zero-order chi connectivity index (χ0) is 19.4. The van der Waals surface area contributed by atoms with E-state index in [-0.39, 0.29) is 0 Å². The molecule has 0 bridgehead atoms. The maximum atomic E-state index is 12.4. The van der Waals surface area contributed by atoms with E-state index in [0.717, 1.165) is 0 Å². The molecule has 0 N–H and O–H groups in total. The van der Waals surface area contributed by atoms with Gasteiger partial charge < -0.3 is 18.9 Å². The summed E-state index contributed by atoms with van der Waals surface area (Å²) < 4.78 is 20.6. The highest BCUT2D eigenvalue weighted by Gasteiger charge is 2.24. The van der Waals surface area contributed by atoms with Crippen LogP contribution in [0, 0.1) is 13.8 Å². The molecular weight excluding hydrogens is 336 g/mol. The third-order valence-corrected chi connectivity index (χ3v) is 4.16. The van der Waals surface area contributed by atoms with Gasteiger partial charge in [0.2, 0.25) is 0 Å². The van der Waals surface area contributed by atoms with Crippen LogP contribution in [-0.4, -0.2) is 40.4 Å². The topological polar surface area (TPSA) is 71.1 Å². The van der Waals surface area contributed by atoms with Crippen LogP contribution in [0.3, 0.4) is 0 Å². The average molecular weight is 358 g/mol. The predicted octanol–water partition coefficient (Wildman–Crippen LogP) is 3.56. The number of hydrogen-bond acceptors (Lipinski definition) is 6. The molecule has 0 saturated carbocycles. The summed E-state index contributed by atoms with van der Waals surface area (Å²) in [4.78, 5) is 24.8. The van der Waals surface area contributed by atoms with Crippen molar-refractivity contribution in [2.24, 2.45) is 0 Å². The number of rotatable bonds is 5. The van der Waals surface area contributed by atoms with E-state index in [2.05, 4.69) is 0 Å². The SMILES string of the molecule is COC(=O)c1c(C)cc(OC)cc1-c1cc(OC)cc(C)c1C(=O)OC. The zero-order valence-corrected chi connectivity index (χ0v) is 15.8. The van der Waals surface area contributed by atoms with Crippen LogP contribution in [0.25, 0.3) is 11.1 Å². The summed E-state index contributed by atoms with van der Waals surface area (Å²) in [5.74, 6) is 0.107. The number of carbonyl (C=O) groups excluding carboxylic acids is 2. The van der Waals surface area contributed by atoms with Crippen molar-refractivity contribution in [1.29, 1.82) is 0 Å². The number of esters is 2. The van der Waals surface area contributed by atoms with Gasteiger partial charge in [-0.15, -0.1) is 0 Å². The van der Waals surface area contributed by atoms with Crippen LogP contribution in [0.15, 0.2) is 24.3 Å². The molecular formula is C20H22O6. The number of carbonyl (C=O) groups is 2. The van der Waals surface area contributed by atoms with Crippen molar-refractivity contribution >= 4 is 11.9 Å². The fraction of sp³-hybridized carbons (Fsp3) is 0.300.